The van der Waals surface area contributed by atoms with Crippen molar-refractivity contribution < 1.29 is 18.0 Å². The molecule has 0 aliphatic rings. The molecule has 1 amide bonds. The lowest BCUT2D eigenvalue weighted by atomic mass is 10.1. The largest absolute Gasteiger partial charge is 0.434 e. The highest BCUT2D eigenvalue weighted by molar-refractivity contribution is 7.09. The average molecular weight is 280 g/mol. The van der Waals surface area contributed by atoms with Crippen molar-refractivity contribution in [3.63, 3.8) is 0 Å². The maximum absolute atomic E-state index is 12.3. The van der Waals surface area contributed by atoms with E-state index in [0.717, 1.165) is 23.1 Å². The molecule has 3 nitrogen and oxygen atoms in total. The zero-order chi connectivity index (χ0) is 13.8. The van der Waals surface area contributed by atoms with E-state index >= 15 is 0 Å². The Hall–Kier alpha value is -1.11. The fourth-order valence-electron chi connectivity index (χ4n) is 1.21. The number of aromatic nitrogens is 1. The van der Waals surface area contributed by atoms with Gasteiger partial charge in [-0.15, -0.1) is 11.3 Å². The van der Waals surface area contributed by atoms with Crippen molar-refractivity contribution in [1.29, 1.82) is 0 Å². The standard InChI is InChI=1S/C11H15F3N2OS/c1-3-7(2)10(17)15-5-4-9-16-8(6-18-9)11(12,13)14/h6-7H,3-5H2,1-2H3,(H,15,17)/t7-/m0/s1. The molecule has 0 aliphatic carbocycles. The van der Waals surface area contributed by atoms with Crippen LogP contribution in [0.15, 0.2) is 5.38 Å². The fraction of sp³-hybridized carbons (Fsp3) is 0.636. The van der Waals surface area contributed by atoms with E-state index in [2.05, 4.69) is 10.3 Å². The zero-order valence-corrected chi connectivity index (χ0v) is 11.0. The van der Waals surface area contributed by atoms with Crippen LogP contribution in [0, 0.1) is 5.92 Å². The van der Waals surface area contributed by atoms with Gasteiger partial charge in [0.2, 0.25) is 5.91 Å². The maximum Gasteiger partial charge on any atom is 0.434 e. The summed E-state index contributed by atoms with van der Waals surface area (Å²) in [6, 6.07) is 0. The highest BCUT2D eigenvalue weighted by Crippen LogP contribution is 2.29. The molecular formula is C11H15F3N2OS. The smallest absolute Gasteiger partial charge is 0.355 e. The van der Waals surface area contributed by atoms with Crippen LogP contribution in [0.1, 0.15) is 31.0 Å². The van der Waals surface area contributed by atoms with Crippen molar-refractivity contribution in [3.8, 4) is 0 Å². The first kappa shape index (κ1) is 14.9. The van der Waals surface area contributed by atoms with Crippen molar-refractivity contribution in [2.75, 3.05) is 6.54 Å². The molecule has 0 saturated carbocycles. The summed E-state index contributed by atoms with van der Waals surface area (Å²) >= 11 is 0.960. The molecule has 1 atom stereocenters. The Labute approximate surface area is 107 Å². The number of carbonyl (C=O) groups is 1. The van der Waals surface area contributed by atoms with Crippen LogP contribution in [0.3, 0.4) is 0 Å². The van der Waals surface area contributed by atoms with Gasteiger partial charge in [0.15, 0.2) is 5.69 Å². The molecule has 0 aromatic carbocycles. The second-order valence-corrected chi connectivity index (χ2v) is 4.92. The number of thiazole rings is 1. The maximum atomic E-state index is 12.3. The first-order chi connectivity index (χ1) is 8.34. The van der Waals surface area contributed by atoms with E-state index in [1.54, 1.807) is 6.92 Å². The van der Waals surface area contributed by atoms with Gasteiger partial charge in [-0.1, -0.05) is 13.8 Å². The second-order valence-electron chi connectivity index (χ2n) is 3.97. The molecule has 1 heterocycles. The summed E-state index contributed by atoms with van der Waals surface area (Å²) in [6.07, 6.45) is -3.33. The van der Waals surface area contributed by atoms with Gasteiger partial charge in [0.05, 0.1) is 5.01 Å². The number of nitrogens with zero attached hydrogens (tertiary/aromatic N) is 1. The number of halogens is 3. The summed E-state index contributed by atoms with van der Waals surface area (Å²) in [4.78, 5) is 14.9. The van der Waals surface area contributed by atoms with Gasteiger partial charge in [-0.3, -0.25) is 4.79 Å². The molecule has 102 valence electrons. The van der Waals surface area contributed by atoms with Gasteiger partial charge in [0.1, 0.15) is 0 Å². The van der Waals surface area contributed by atoms with Crippen molar-refractivity contribution in [2.45, 2.75) is 32.9 Å². The van der Waals surface area contributed by atoms with E-state index in [1.807, 2.05) is 6.92 Å². The third-order valence-electron chi connectivity index (χ3n) is 2.54. The van der Waals surface area contributed by atoms with E-state index in [9.17, 15) is 18.0 Å². The van der Waals surface area contributed by atoms with Crippen molar-refractivity contribution >= 4 is 17.2 Å². The number of hydrogen-bond donors (Lipinski definition) is 1. The summed E-state index contributed by atoms with van der Waals surface area (Å²) in [5, 5.41) is 4.05. The summed E-state index contributed by atoms with van der Waals surface area (Å²) in [6.45, 7) is 4.02. The molecule has 1 N–H and O–H groups in total. The number of carbonyl (C=O) groups excluding carboxylic acids is 1. The Bertz CT molecular complexity index is 403. The molecule has 0 aliphatic heterocycles. The van der Waals surface area contributed by atoms with Gasteiger partial charge >= 0.3 is 6.18 Å². The van der Waals surface area contributed by atoms with Crippen molar-refractivity contribution in [1.82, 2.24) is 10.3 Å². The Morgan fingerprint density at radius 2 is 2.22 bits per heavy atom. The van der Waals surface area contributed by atoms with Crippen LogP contribution in [0.4, 0.5) is 13.2 Å². The van der Waals surface area contributed by atoms with Crippen LogP contribution in [-0.2, 0) is 17.4 Å². The number of alkyl halides is 3. The van der Waals surface area contributed by atoms with Gasteiger partial charge in [0.25, 0.3) is 0 Å². The van der Waals surface area contributed by atoms with Crippen LogP contribution < -0.4 is 5.32 Å². The summed E-state index contributed by atoms with van der Waals surface area (Å²) in [7, 11) is 0. The molecule has 1 aromatic rings. The van der Waals surface area contributed by atoms with Crippen molar-refractivity contribution in [2.24, 2.45) is 5.92 Å². The Balaban J connectivity index is 2.41. The molecule has 7 heteroatoms. The predicted octanol–water partition coefficient (Wildman–Crippen LogP) is 2.87. The topological polar surface area (TPSA) is 42.0 Å². The van der Waals surface area contributed by atoms with Gasteiger partial charge in [-0.2, -0.15) is 13.2 Å². The molecule has 18 heavy (non-hydrogen) atoms. The average Bonchev–Trinajstić information content (AvgIpc) is 2.76. The number of hydrogen-bond acceptors (Lipinski definition) is 3. The molecular weight excluding hydrogens is 265 g/mol. The predicted molar refractivity (Wildman–Crippen MR) is 63.3 cm³/mol. The first-order valence-corrected chi connectivity index (χ1v) is 6.51. The normalized spacial score (nSPS) is 13.4. The SMILES string of the molecule is CC[C@H](C)C(=O)NCCc1nc(C(F)(F)F)cs1. The zero-order valence-electron chi connectivity index (χ0n) is 10.2. The quantitative estimate of drug-likeness (QED) is 0.901. The molecule has 0 bridgehead atoms. The highest BCUT2D eigenvalue weighted by atomic mass is 32.1. The Morgan fingerprint density at radius 1 is 1.56 bits per heavy atom. The van der Waals surface area contributed by atoms with E-state index in [-0.39, 0.29) is 11.8 Å². The minimum Gasteiger partial charge on any atom is -0.355 e. The molecule has 1 aromatic heterocycles. The molecule has 1 rings (SSSR count). The number of amides is 1. The van der Waals surface area contributed by atoms with Crippen molar-refractivity contribution in [3.05, 3.63) is 16.1 Å². The van der Waals surface area contributed by atoms with E-state index < -0.39 is 11.9 Å². The molecule has 0 unspecified atom stereocenters. The fourth-order valence-corrected chi connectivity index (χ4v) is 2.01. The lowest BCUT2D eigenvalue weighted by molar-refractivity contribution is -0.140. The molecule has 0 radical (unpaired) electrons. The molecule has 0 saturated heterocycles. The molecule has 0 fully saturated rings. The second kappa shape index (κ2) is 6.17. The van der Waals surface area contributed by atoms with Crippen LogP contribution in [-0.4, -0.2) is 17.4 Å². The minimum atomic E-state index is -4.39. The van der Waals surface area contributed by atoms with Gasteiger partial charge < -0.3 is 5.32 Å². The van der Waals surface area contributed by atoms with Crippen LogP contribution in [0.5, 0.6) is 0 Å². The van der Waals surface area contributed by atoms with E-state index in [4.69, 9.17) is 0 Å². The Kier molecular flexibility index (Phi) is 5.13. The van der Waals surface area contributed by atoms with Crippen LogP contribution >= 0.6 is 11.3 Å². The van der Waals surface area contributed by atoms with Gasteiger partial charge in [-0.05, 0) is 6.42 Å². The third kappa shape index (κ3) is 4.29. The number of rotatable bonds is 5. The minimum absolute atomic E-state index is 0.0768. The molecule has 0 spiro atoms. The van der Waals surface area contributed by atoms with Gasteiger partial charge in [-0.25, -0.2) is 4.98 Å². The monoisotopic (exact) mass is 280 g/mol. The van der Waals surface area contributed by atoms with Crippen LogP contribution in [0.2, 0.25) is 0 Å². The summed E-state index contributed by atoms with van der Waals surface area (Å²) < 4.78 is 36.8. The Morgan fingerprint density at radius 3 is 2.72 bits per heavy atom. The number of nitrogens with one attached hydrogen (secondary N) is 1. The highest BCUT2D eigenvalue weighted by Gasteiger charge is 2.33. The van der Waals surface area contributed by atoms with Gasteiger partial charge in [0, 0.05) is 24.3 Å². The van der Waals surface area contributed by atoms with E-state index in [1.165, 1.54) is 0 Å². The summed E-state index contributed by atoms with van der Waals surface area (Å²) in [5.74, 6) is -0.155. The lowest BCUT2D eigenvalue weighted by Crippen LogP contribution is -2.30. The van der Waals surface area contributed by atoms with E-state index in [0.29, 0.717) is 18.0 Å². The first-order valence-electron chi connectivity index (χ1n) is 5.64. The summed E-state index contributed by atoms with van der Waals surface area (Å²) in [5.41, 5.74) is -0.865. The van der Waals surface area contributed by atoms with Crippen LogP contribution in [0.25, 0.3) is 0 Å². The lowest BCUT2D eigenvalue weighted by Gasteiger charge is -2.08. The third-order valence-corrected chi connectivity index (χ3v) is 3.45.